The van der Waals surface area contributed by atoms with Crippen molar-refractivity contribution in [3.63, 3.8) is 0 Å². The zero-order chi connectivity index (χ0) is 20.7. The van der Waals surface area contributed by atoms with Crippen LogP contribution < -0.4 is 11.1 Å². The zero-order valence-corrected chi connectivity index (χ0v) is 17.5. The second-order valence-corrected chi connectivity index (χ2v) is 8.54. The van der Waals surface area contributed by atoms with Crippen molar-refractivity contribution in [1.29, 1.82) is 0 Å². The summed E-state index contributed by atoms with van der Waals surface area (Å²) in [6.45, 7) is 6.84. The smallest absolute Gasteiger partial charge is 0.258 e. The van der Waals surface area contributed by atoms with Gasteiger partial charge in [-0.3, -0.25) is 28.2 Å². The van der Waals surface area contributed by atoms with E-state index in [0.29, 0.717) is 13.1 Å². The molecule has 0 spiro atoms. The summed E-state index contributed by atoms with van der Waals surface area (Å²) in [4.78, 5) is 39.3. The standard InChI is InChI=1S/C21H22N6O2S/c1-15-3-2-4-26-18(28)11-16(22-20(15)26)13-24-5-7-25(8-6-24)14-17-12-19(29)27-9-10-30-21(27)23-17/h2-4,9-12H,5-8,13-14H2,1H3. The first kappa shape index (κ1) is 19.1. The van der Waals surface area contributed by atoms with E-state index >= 15 is 0 Å². The van der Waals surface area contributed by atoms with E-state index in [4.69, 9.17) is 4.98 Å². The van der Waals surface area contributed by atoms with Crippen molar-refractivity contribution in [2.24, 2.45) is 0 Å². The van der Waals surface area contributed by atoms with Crippen LogP contribution in [-0.4, -0.2) is 54.7 Å². The molecule has 0 unspecified atom stereocenters. The molecule has 4 aromatic rings. The first-order valence-corrected chi connectivity index (χ1v) is 10.8. The summed E-state index contributed by atoms with van der Waals surface area (Å²) in [6.07, 6.45) is 3.51. The summed E-state index contributed by atoms with van der Waals surface area (Å²) in [5.74, 6) is 0. The first-order chi connectivity index (χ1) is 14.6. The van der Waals surface area contributed by atoms with Crippen LogP contribution in [-0.2, 0) is 13.1 Å². The van der Waals surface area contributed by atoms with E-state index in [1.165, 1.54) is 11.3 Å². The highest BCUT2D eigenvalue weighted by molar-refractivity contribution is 7.15. The predicted octanol–water partition coefficient (Wildman–Crippen LogP) is 1.39. The number of piperazine rings is 1. The molecule has 0 atom stereocenters. The molecule has 0 aliphatic carbocycles. The van der Waals surface area contributed by atoms with Crippen LogP contribution in [0.15, 0.2) is 51.6 Å². The molecule has 0 N–H and O–H groups in total. The van der Waals surface area contributed by atoms with Crippen molar-refractivity contribution in [2.75, 3.05) is 26.2 Å². The summed E-state index contributed by atoms with van der Waals surface area (Å²) in [6, 6.07) is 7.09. The van der Waals surface area contributed by atoms with Crippen molar-refractivity contribution < 1.29 is 0 Å². The van der Waals surface area contributed by atoms with Gasteiger partial charge in [0.25, 0.3) is 11.1 Å². The lowest BCUT2D eigenvalue weighted by molar-refractivity contribution is 0.120. The fourth-order valence-electron chi connectivity index (χ4n) is 3.92. The number of thiazole rings is 1. The second kappa shape index (κ2) is 7.75. The average molecular weight is 423 g/mol. The summed E-state index contributed by atoms with van der Waals surface area (Å²) in [5, 5.41) is 1.88. The molecule has 1 aliphatic rings. The van der Waals surface area contributed by atoms with Gasteiger partial charge in [0.05, 0.1) is 11.4 Å². The lowest BCUT2D eigenvalue weighted by atomic mass is 10.2. The minimum atomic E-state index is -0.0429. The molecular weight excluding hydrogens is 400 g/mol. The Morgan fingerprint density at radius 2 is 1.53 bits per heavy atom. The normalized spacial score (nSPS) is 15.9. The summed E-state index contributed by atoms with van der Waals surface area (Å²) in [5.41, 5.74) is 3.26. The fourth-order valence-corrected chi connectivity index (χ4v) is 4.66. The third-order valence-corrected chi connectivity index (χ3v) is 6.29. The maximum absolute atomic E-state index is 12.4. The maximum atomic E-state index is 12.4. The van der Waals surface area contributed by atoms with Gasteiger partial charge < -0.3 is 0 Å². The van der Waals surface area contributed by atoms with Gasteiger partial charge in [-0.2, -0.15) is 0 Å². The molecule has 0 saturated carbocycles. The Bertz CT molecular complexity index is 1330. The molecule has 5 heterocycles. The van der Waals surface area contributed by atoms with Crippen molar-refractivity contribution in [1.82, 2.24) is 28.6 Å². The van der Waals surface area contributed by atoms with Crippen LogP contribution in [0.2, 0.25) is 0 Å². The van der Waals surface area contributed by atoms with Crippen LogP contribution in [0, 0.1) is 6.92 Å². The minimum absolute atomic E-state index is 0.0288. The van der Waals surface area contributed by atoms with Crippen LogP contribution in [0.3, 0.4) is 0 Å². The predicted molar refractivity (Wildman–Crippen MR) is 116 cm³/mol. The fraction of sp³-hybridized carbons (Fsp3) is 0.333. The number of nitrogens with zero attached hydrogens (tertiary/aromatic N) is 6. The molecule has 0 aromatic carbocycles. The summed E-state index contributed by atoms with van der Waals surface area (Å²) in [7, 11) is 0. The molecule has 154 valence electrons. The Labute approximate surface area is 176 Å². The third-order valence-electron chi connectivity index (χ3n) is 5.53. The van der Waals surface area contributed by atoms with E-state index in [9.17, 15) is 9.59 Å². The molecule has 0 bridgehead atoms. The Kier molecular flexibility index (Phi) is 4.93. The number of fused-ring (bicyclic) bond motifs is 2. The molecule has 0 radical (unpaired) electrons. The highest BCUT2D eigenvalue weighted by Crippen LogP contribution is 2.12. The van der Waals surface area contributed by atoms with Crippen LogP contribution in [0.5, 0.6) is 0 Å². The molecule has 1 aliphatic heterocycles. The number of aromatic nitrogens is 4. The minimum Gasteiger partial charge on any atom is -0.295 e. The van der Waals surface area contributed by atoms with E-state index in [-0.39, 0.29) is 11.1 Å². The monoisotopic (exact) mass is 422 g/mol. The van der Waals surface area contributed by atoms with Gasteiger partial charge in [0.15, 0.2) is 4.96 Å². The van der Waals surface area contributed by atoms with Crippen LogP contribution in [0.1, 0.15) is 17.0 Å². The van der Waals surface area contributed by atoms with Gasteiger partial charge >= 0.3 is 0 Å². The molecule has 30 heavy (non-hydrogen) atoms. The largest absolute Gasteiger partial charge is 0.295 e. The number of pyridine rings is 1. The summed E-state index contributed by atoms with van der Waals surface area (Å²) >= 11 is 1.47. The van der Waals surface area contributed by atoms with E-state index in [2.05, 4.69) is 14.8 Å². The van der Waals surface area contributed by atoms with Gasteiger partial charge in [0, 0.05) is 69.2 Å². The average Bonchev–Trinajstić information content (AvgIpc) is 3.20. The Hall–Kier alpha value is -2.88. The number of aryl methyl sites for hydroxylation is 1. The first-order valence-electron chi connectivity index (χ1n) is 9.95. The Morgan fingerprint density at radius 1 is 0.900 bits per heavy atom. The number of rotatable bonds is 4. The molecule has 4 aromatic heterocycles. The molecule has 1 fully saturated rings. The Morgan fingerprint density at radius 3 is 2.23 bits per heavy atom. The quantitative estimate of drug-likeness (QED) is 0.495. The molecule has 9 heteroatoms. The highest BCUT2D eigenvalue weighted by Gasteiger charge is 2.19. The van der Waals surface area contributed by atoms with E-state index in [1.54, 1.807) is 33.3 Å². The molecule has 8 nitrogen and oxygen atoms in total. The van der Waals surface area contributed by atoms with E-state index < -0.39 is 0 Å². The van der Waals surface area contributed by atoms with E-state index in [0.717, 1.165) is 53.7 Å². The highest BCUT2D eigenvalue weighted by atomic mass is 32.1. The van der Waals surface area contributed by atoms with Gasteiger partial charge in [0.2, 0.25) is 0 Å². The van der Waals surface area contributed by atoms with E-state index in [1.807, 2.05) is 24.4 Å². The number of hydrogen-bond acceptors (Lipinski definition) is 7. The number of hydrogen-bond donors (Lipinski definition) is 0. The third kappa shape index (κ3) is 3.67. The lowest BCUT2D eigenvalue weighted by Gasteiger charge is -2.34. The Balaban J connectivity index is 1.25. The van der Waals surface area contributed by atoms with Crippen LogP contribution >= 0.6 is 11.3 Å². The lowest BCUT2D eigenvalue weighted by Crippen LogP contribution is -2.45. The van der Waals surface area contributed by atoms with Crippen molar-refractivity contribution in [2.45, 2.75) is 20.0 Å². The molecular formula is C21H22N6O2S. The van der Waals surface area contributed by atoms with Crippen molar-refractivity contribution >= 4 is 21.9 Å². The van der Waals surface area contributed by atoms with Gasteiger partial charge in [0.1, 0.15) is 5.65 Å². The van der Waals surface area contributed by atoms with Gasteiger partial charge in [-0.25, -0.2) is 9.97 Å². The second-order valence-electron chi connectivity index (χ2n) is 7.66. The van der Waals surface area contributed by atoms with Gasteiger partial charge in [-0.05, 0) is 18.6 Å². The van der Waals surface area contributed by atoms with Crippen LogP contribution in [0.25, 0.3) is 10.6 Å². The molecule has 0 amide bonds. The zero-order valence-electron chi connectivity index (χ0n) is 16.7. The molecule has 5 rings (SSSR count). The SMILES string of the molecule is Cc1cccn2c(=O)cc(CN3CCN(Cc4cc(=O)n5ccsc5n4)CC3)nc12. The van der Waals surface area contributed by atoms with Gasteiger partial charge in [-0.15, -0.1) is 11.3 Å². The van der Waals surface area contributed by atoms with Gasteiger partial charge in [-0.1, -0.05) is 6.07 Å². The van der Waals surface area contributed by atoms with Crippen molar-refractivity contribution in [3.05, 3.63) is 79.7 Å². The topological polar surface area (TPSA) is 75.2 Å². The van der Waals surface area contributed by atoms with Crippen LogP contribution in [0.4, 0.5) is 0 Å². The summed E-state index contributed by atoms with van der Waals surface area (Å²) < 4.78 is 3.17. The maximum Gasteiger partial charge on any atom is 0.258 e. The van der Waals surface area contributed by atoms with Crippen molar-refractivity contribution in [3.8, 4) is 0 Å². The molecule has 1 saturated heterocycles.